The molecule has 0 aliphatic heterocycles. The van der Waals surface area contributed by atoms with Crippen molar-refractivity contribution in [1.82, 2.24) is 0 Å². The van der Waals surface area contributed by atoms with Gasteiger partial charge in [-0.1, -0.05) is 43.3 Å². The Balaban J connectivity index is 2.58. The number of benzene rings is 1. The fraction of sp³-hybridized carbons (Fsp3) is 0.333. The van der Waals surface area contributed by atoms with Crippen molar-refractivity contribution in [2.75, 3.05) is 12.4 Å². The summed E-state index contributed by atoms with van der Waals surface area (Å²) in [5.74, 6) is 1.15. The van der Waals surface area contributed by atoms with E-state index in [0.29, 0.717) is 6.61 Å². The molecule has 1 unspecified atom stereocenters. The van der Waals surface area contributed by atoms with Crippen molar-refractivity contribution < 1.29 is 4.52 Å². The van der Waals surface area contributed by atoms with Gasteiger partial charge in [-0.25, -0.2) is 0 Å². The molecular formula is C12H17OPS. The second kappa shape index (κ2) is 7.92. The van der Waals surface area contributed by atoms with Gasteiger partial charge in [0.25, 0.3) is 0 Å². The zero-order chi connectivity index (χ0) is 10.9. The first-order valence-corrected chi connectivity index (χ1v) is 7.95. The summed E-state index contributed by atoms with van der Waals surface area (Å²) in [6, 6.07) is 10.4. The van der Waals surface area contributed by atoms with Crippen LogP contribution >= 0.6 is 18.7 Å². The summed E-state index contributed by atoms with van der Waals surface area (Å²) in [6.45, 7) is 6.51. The summed E-state index contributed by atoms with van der Waals surface area (Å²) >= 11 is 1.91. The zero-order valence-corrected chi connectivity index (χ0v) is 10.8. The van der Waals surface area contributed by atoms with E-state index >= 15 is 0 Å². The number of hydrogen-bond acceptors (Lipinski definition) is 2. The van der Waals surface area contributed by atoms with E-state index in [1.54, 1.807) is 0 Å². The summed E-state index contributed by atoms with van der Waals surface area (Å²) in [5.41, 5.74) is 0. The maximum Gasteiger partial charge on any atom is 0.121 e. The Labute approximate surface area is 97.5 Å². The van der Waals surface area contributed by atoms with E-state index in [9.17, 15) is 0 Å². The van der Waals surface area contributed by atoms with Gasteiger partial charge in [0.05, 0.1) is 6.61 Å². The molecule has 0 aromatic heterocycles. The third kappa shape index (κ3) is 4.83. The molecule has 1 nitrogen and oxygen atoms in total. The second-order valence-electron chi connectivity index (χ2n) is 3.01. The molecule has 0 N–H and O–H groups in total. The van der Waals surface area contributed by atoms with Crippen LogP contribution in [0, 0.1) is 0 Å². The van der Waals surface area contributed by atoms with Gasteiger partial charge in [0, 0.05) is 5.30 Å². The average molecular weight is 240 g/mol. The van der Waals surface area contributed by atoms with Crippen LogP contribution in [0.15, 0.2) is 43.0 Å². The Morgan fingerprint density at radius 3 is 2.73 bits per heavy atom. The van der Waals surface area contributed by atoms with Crippen molar-refractivity contribution in [3.05, 3.63) is 43.0 Å². The summed E-state index contributed by atoms with van der Waals surface area (Å²) < 4.78 is 5.79. The van der Waals surface area contributed by atoms with E-state index < -0.39 is 7.35 Å². The molecule has 0 heterocycles. The van der Waals surface area contributed by atoms with Crippen molar-refractivity contribution in [3.63, 3.8) is 0 Å². The van der Waals surface area contributed by atoms with E-state index in [4.69, 9.17) is 4.52 Å². The van der Waals surface area contributed by atoms with Gasteiger partial charge in [0.2, 0.25) is 0 Å². The molecule has 1 aromatic carbocycles. The third-order valence-electron chi connectivity index (χ3n) is 1.69. The summed E-state index contributed by atoms with van der Waals surface area (Å²) in [5, 5.41) is 1.30. The maximum atomic E-state index is 5.79. The minimum Gasteiger partial charge on any atom is -0.339 e. The van der Waals surface area contributed by atoms with E-state index in [1.807, 2.05) is 23.5 Å². The molecule has 3 heteroatoms. The molecular weight excluding hydrogens is 223 g/mol. The lowest BCUT2D eigenvalue weighted by atomic mass is 10.4. The fourth-order valence-electron chi connectivity index (χ4n) is 1.03. The van der Waals surface area contributed by atoms with Crippen LogP contribution in [0.2, 0.25) is 0 Å². The lowest BCUT2D eigenvalue weighted by molar-refractivity contribution is 0.418. The van der Waals surface area contributed by atoms with Crippen molar-refractivity contribution >= 4 is 24.0 Å². The van der Waals surface area contributed by atoms with Crippen molar-refractivity contribution in [3.8, 4) is 0 Å². The zero-order valence-electron chi connectivity index (χ0n) is 9.06. The van der Waals surface area contributed by atoms with Gasteiger partial charge in [-0.3, -0.25) is 0 Å². The van der Waals surface area contributed by atoms with Crippen LogP contribution < -0.4 is 5.30 Å². The first-order chi connectivity index (χ1) is 7.38. The highest BCUT2D eigenvalue weighted by atomic mass is 32.7. The Kier molecular flexibility index (Phi) is 6.74. The van der Waals surface area contributed by atoms with E-state index in [2.05, 4.69) is 37.8 Å². The predicted octanol–water partition coefficient (Wildman–Crippen LogP) is 3.97. The first-order valence-electron chi connectivity index (χ1n) is 5.10. The minimum atomic E-state index is -0.522. The highest BCUT2D eigenvalue weighted by Crippen LogP contribution is 2.49. The van der Waals surface area contributed by atoms with Crippen molar-refractivity contribution in [2.24, 2.45) is 0 Å². The van der Waals surface area contributed by atoms with Crippen molar-refractivity contribution in [1.29, 1.82) is 0 Å². The summed E-state index contributed by atoms with van der Waals surface area (Å²) in [6.07, 6.45) is 3.00. The molecule has 0 saturated carbocycles. The lowest BCUT2D eigenvalue weighted by Crippen LogP contribution is -2.00. The first kappa shape index (κ1) is 12.8. The highest BCUT2D eigenvalue weighted by Gasteiger charge is 2.11. The lowest BCUT2D eigenvalue weighted by Gasteiger charge is -2.15. The third-order valence-corrected chi connectivity index (χ3v) is 5.82. The molecule has 82 valence electrons. The van der Waals surface area contributed by atoms with Gasteiger partial charge >= 0.3 is 0 Å². The van der Waals surface area contributed by atoms with E-state index in [1.165, 1.54) is 11.7 Å². The SMILES string of the molecule is C=CCOP(SCCC)c1ccccc1. The second-order valence-corrected chi connectivity index (χ2v) is 6.74. The van der Waals surface area contributed by atoms with Crippen LogP contribution in [0.5, 0.6) is 0 Å². The smallest absolute Gasteiger partial charge is 0.121 e. The Morgan fingerprint density at radius 1 is 1.40 bits per heavy atom. The Morgan fingerprint density at radius 2 is 2.13 bits per heavy atom. The molecule has 0 aliphatic carbocycles. The molecule has 15 heavy (non-hydrogen) atoms. The molecule has 0 bridgehead atoms. The number of rotatable bonds is 7. The van der Waals surface area contributed by atoms with Crippen LogP contribution in [-0.4, -0.2) is 12.4 Å². The molecule has 0 amide bonds. The van der Waals surface area contributed by atoms with Crippen LogP contribution in [0.25, 0.3) is 0 Å². The topological polar surface area (TPSA) is 9.23 Å². The van der Waals surface area contributed by atoms with Crippen LogP contribution in [0.4, 0.5) is 0 Å². The van der Waals surface area contributed by atoms with Gasteiger partial charge in [0.15, 0.2) is 0 Å². The Bertz CT molecular complexity index is 276. The molecule has 1 atom stereocenters. The largest absolute Gasteiger partial charge is 0.339 e. The maximum absolute atomic E-state index is 5.79. The monoisotopic (exact) mass is 240 g/mol. The van der Waals surface area contributed by atoms with Gasteiger partial charge in [-0.15, -0.1) is 18.0 Å². The fourth-order valence-corrected chi connectivity index (χ4v) is 4.67. The average Bonchev–Trinajstić information content (AvgIpc) is 2.30. The quantitative estimate of drug-likeness (QED) is 0.527. The Hall–Kier alpha value is -0.300. The minimum absolute atomic E-state index is 0.522. The van der Waals surface area contributed by atoms with Gasteiger partial charge in [-0.05, 0) is 12.2 Å². The highest BCUT2D eigenvalue weighted by molar-refractivity contribution is 8.56. The normalized spacial score (nSPS) is 12.3. The molecule has 0 fully saturated rings. The molecule has 0 saturated heterocycles. The van der Waals surface area contributed by atoms with Crippen LogP contribution in [-0.2, 0) is 4.52 Å². The number of hydrogen-bond donors (Lipinski definition) is 0. The molecule has 0 aliphatic rings. The van der Waals surface area contributed by atoms with E-state index in [0.717, 1.165) is 5.75 Å². The standard InChI is InChI=1S/C12H17OPS/c1-3-10-13-14(15-11-4-2)12-8-6-5-7-9-12/h3,5-9H,1,4,10-11H2,2H3. The van der Waals surface area contributed by atoms with Crippen molar-refractivity contribution in [2.45, 2.75) is 13.3 Å². The predicted molar refractivity (Wildman–Crippen MR) is 71.9 cm³/mol. The van der Waals surface area contributed by atoms with Crippen LogP contribution in [0.3, 0.4) is 0 Å². The summed E-state index contributed by atoms with van der Waals surface area (Å²) in [4.78, 5) is 0. The summed E-state index contributed by atoms with van der Waals surface area (Å²) in [7, 11) is -0.522. The van der Waals surface area contributed by atoms with E-state index in [-0.39, 0.29) is 0 Å². The van der Waals surface area contributed by atoms with Gasteiger partial charge in [-0.2, -0.15) is 0 Å². The van der Waals surface area contributed by atoms with Gasteiger partial charge in [0.1, 0.15) is 7.35 Å². The molecule has 1 aromatic rings. The molecule has 0 radical (unpaired) electrons. The molecule has 0 spiro atoms. The van der Waals surface area contributed by atoms with Gasteiger partial charge < -0.3 is 4.52 Å². The molecule has 1 rings (SSSR count). The van der Waals surface area contributed by atoms with Crippen LogP contribution in [0.1, 0.15) is 13.3 Å².